The molecular weight excluding hydrogens is 1560 g/mol. The molecule has 0 aliphatic heterocycles. The minimum absolute atomic E-state index is 0.833. The smallest absolute Gasteiger partial charge is 0.143 e. The summed E-state index contributed by atoms with van der Waals surface area (Å²) in [5.41, 5.74) is 24.9. The van der Waals surface area contributed by atoms with Gasteiger partial charge in [-0.3, -0.25) is 0 Å². The quantitative estimate of drug-likeness (QED) is 0.154. The van der Waals surface area contributed by atoms with Crippen LogP contribution in [0, 0.1) is 0 Å². The highest BCUT2D eigenvalue weighted by molar-refractivity contribution is 6.33. The van der Waals surface area contributed by atoms with Crippen LogP contribution in [0.1, 0.15) is 0 Å². The van der Waals surface area contributed by atoms with Crippen molar-refractivity contribution >= 4 is 218 Å². The highest BCUT2D eigenvalue weighted by Crippen LogP contribution is 2.54. The first-order valence-corrected chi connectivity index (χ1v) is 43.7. The summed E-state index contributed by atoms with van der Waals surface area (Å²) in [6.45, 7) is 0. The molecule has 0 saturated carbocycles. The first-order chi connectivity index (χ1) is 63.5. The number of fused-ring (bicyclic) bond motifs is 28. The van der Waals surface area contributed by atoms with Gasteiger partial charge in [-0.2, -0.15) is 0 Å². The summed E-state index contributed by atoms with van der Waals surface area (Å²) >= 11 is 0. The molecule has 6 nitrogen and oxygen atoms in total. The van der Waals surface area contributed by atoms with Gasteiger partial charge in [-0.05, 0) is 174 Å². The summed E-state index contributed by atoms with van der Waals surface area (Å²) in [5.74, 6) is 0. The van der Waals surface area contributed by atoms with E-state index in [0.717, 1.165) is 148 Å². The molecule has 128 heavy (non-hydrogen) atoms. The predicted molar refractivity (Wildman–Crippen MR) is 536 cm³/mol. The fourth-order valence-corrected chi connectivity index (χ4v) is 21.4. The summed E-state index contributed by atoms with van der Waals surface area (Å²) in [6, 6.07) is 151. The SMILES string of the molecule is c1ccc(-c2c3ccccc3c(-c3cccc4c3oc3ccc5oc6ccccc6c5c34)c3ccccc23)cc1.c1ccc2c(-c3c4ccccc4c(-c4cccc5c4oc4cc6oc7ccccc7c6cc45)c4ccccc34)cccc2c1.c1ccc2cc(-c3c4ccccc4c(-c4cccc5c4oc4ccc6oc7ccccc7c6c45)c4ccccc34)ccc2c1. The highest BCUT2D eigenvalue weighted by Gasteiger charge is 2.28. The number of furan rings is 6. The molecule has 6 heterocycles. The maximum Gasteiger partial charge on any atom is 0.143 e. The lowest BCUT2D eigenvalue weighted by atomic mass is 9.84. The number of hydrogen-bond donors (Lipinski definition) is 0. The Morgan fingerprint density at radius 1 is 0.117 bits per heavy atom. The predicted octanol–water partition coefficient (Wildman–Crippen LogP) is 35.7. The molecule has 0 radical (unpaired) electrons. The molecule has 29 rings (SSSR count). The van der Waals surface area contributed by atoms with Gasteiger partial charge in [0, 0.05) is 104 Å². The van der Waals surface area contributed by atoms with Crippen molar-refractivity contribution in [3.63, 3.8) is 0 Å². The molecule has 29 aromatic rings. The van der Waals surface area contributed by atoms with Gasteiger partial charge in [0.1, 0.15) is 67.0 Å². The Balaban J connectivity index is 0.0000000994. The molecule has 6 aromatic heterocycles. The van der Waals surface area contributed by atoms with Crippen molar-refractivity contribution in [1.82, 2.24) is 0 Å². The fraction of sp³-hybridized carbons (Fsp3) is 0. The number of rotatable bonds is 6. The van der Waals surface area contributed by atoms with Crippen LogP contribution >= 0.6 is 0 Å². The molecule has 0 aliphatic carbocycles. The Morgan fingerprint density at radius 3 is 0.883 bits per heavy atom. The number of para-hydroxylation sites is 6. The summed E-state index contributed by atoms with van der Waals surface area (Å²) in [5, 5.41) is 32.9. The van der Waals surface area contributed by atoms with E-state index in [4.69, 9.17) is 26.5 Å². The van der Waals surface area contributed by atoms with Crippen molar-refractivity contribution < 1.29 is 26.5 Å². The van der Waals surface area contributed by atoms with Crippen LogP contribution in [-0.4, -0.2) is 0 Å². The van der Waals surface area contributed by atoms with Gasteiger partial charge in [0.05, 0.1) is 0 Å². The van der Waals surface area contributed by atoms with Gasteiger partial charge in [0.15, 0.2) is 0 Å². The van der Waals surface area contributed by atoms with E-state index in [9.17, 15) is 0 Å². The first kappa shape index (κ1) is 71.5. The van der Waals surface area contributed by atoms with Crippen LogP contribution in [0.3, 0.4) is 0 Å². The molecule has 0 unspecified atom stereocenters. The molecule has 0 amide bonds. The second kappa shape index (κ2) is 28.2. The molecule has 594 valence electrons. The largest absolute Gasteiger partial charge is 0.456 e. The Bertz CT molecular complexity index is 9570. The maximum absolute atomic E-state index is 6.78. The van der Waals surface area contributed by atoms with Crippen LogP contribution < -0.4 is 0 Å². The van der Waals surface area contributed by atoms with E-state index in [2.05, 4.69) is 358 Å². The summed E-state index contributed by atoms with van der Waals surface area (Å²) in [4.78, 5) is 0. The van der Waals surface area contributed by atoms with Crippen LogP contribution in [0.15, 0.2) is 451 Å². The van der Waals surface area contributed by atoms with E-state index in [-0.39, 0.29) is 0 Å². The minimum Gasteiger partial charge on any atom is -0.456 e. The first-order valence-electron chi connectivity index (χ1n) is 43.7. The van der Waals surface area contributed by atoms with Gasteiger partial charge in [-0.15, -0.1) is 0 Å². The van der Waals surface area contributed by atoms with Crippen LogP contribution in [0.2, 0.25) is 0 Å². The lowest BCUT2D eigenvalue weighted by molar-refractivity contribution is 0.656. The monoisotopic (exact) mass is 1630 g/mol. The zero-order valence-corrected chi connectivity index (χ0v) is 68.9. The third-order valence-corrected chi connectivity index (χ3v) is 26.8. The second-order valence-electron chi connectivity index (χ2n) is 33.6. The summed E-state index contributed by atoms with van der Waals surface area (Å²) in [7, 11) is 0. The van der Waals surface area contributed by atoms with E-state index in [1.165, 1.54) is 136 Å². The standard InChI is InChI=1S/2C42H24O2.C38H22O2/c1-2-13-26-25(11-1)12-9-19-28(26)40-29-15-3-5-17-31(29)41(32-18-6-4-16-30(32)40)34-21-10-20-33-36-23-35-27-14-7-8-22-37(27)43-38(35)24-39(36)44-42(33)34;1-2-11-26-24-27(21-20-25(26)10-1)38-28-12-3-5-14-30(28)39(31-15-6-4-13-29(31)38)33-17-9-18-34-41-37(44-42(33)34)23-22-36-40(41)32-16-7-8-19-35(32)43-36;1-2-11-23(12-3-1)34-24-13-4-6-15-26(24)35(27-16-7-5-14-25(27)34)29-18-10-19-30-37-33(40-38(29)30)22-21-32-36(37)28-17-8-9-20-31(28)39-32/h2*1-24H;1-22H. The topological polar surface area (TPSA) is 78.8 Å². The third kappa shape index (κ3) is 10.8. The average molecular weight is 1630 g/mol. The molecule has 0 fully saturated rings. The zero-order valence-electron chi connectivity index (χ0n) is 68.9. The lowest BCUT2D eigenvalue weighted by Gasteiger charge is -2.18. The van der Waals surface area contributed by atoms with Gasteiger partial charge >= 0.3 is 0 Å². The average Bonchev–Trinajstić information content (AvgIpc) is 1.10. The third-order valence-electron chi connectivity index (χ3n) is 26.8. The van der Waals surface area contributed by atoms with Crippen LogP contribution in [0.25, 0.3) is 285 Å². The highest BCUT2D eigenvalue weighted by atomic mass is 16.4. The fourth-order valence-electron chi connectivity index (χ4n) is 21.4. The van der Waals surface area contributed by atoms with E-state index in [1.807, 2.05) is 66.7 Å². The summed E-state index contributed by atoms with van der Waals surface area (Å²) < 4.78 is 39.0. The molecule has 0 atom stereocenters. The van der Waals surface area contributed by atoms with Crippen LogP contribution in [0.5, 0.6) is 0 Å². The van der Waals surface area contributed by atoms with Crippen molar-refractivity contribution in [2.75, 3.05) is 0 Å². The van der Waals surface area contributed by atoms with E-state index in [1.54, 1.807) is 0 Å². The zero-order chi connectivity index (χ0) is 83.8. The molecule has 0 bridgehead atoms. The lowest BCUT2D eigenvalue weighted by Crippen LogP contribution is -1.91. The van der Waals surface area contributed by atoms with Gasteiger partial charge in [0.2, 0.25) is 0 Å². The Labute approximate surface area is 730 Å². The maximum atomic E-state index is 6.78. The van der Waals surface area contributed by atoms with Crippen molar-refractivity contribution in [3.8, 4) is 66.8 Å². The summed E-state index contributed by atoms with van der Waals surface area (Å²) in [6.07, 6.45) is 0. The molecule has 0 N–H and O–H groups in total. The van der Waals surface area contributed by atoms with Crippen molar-refractivity contribution in [3.05, 3.63) is 425 Å². The second-order valence-corrected chi connectivity index (χ2v) is 33.6. The Hall–Kier alpha value is -17.1. The Morgan fingerprint density at radius 2 is 0.406 bits per heavy atom. The van der Waals surface area contributed by atoms with Crippen molar-refractivity contribution in [2.45, 2.75) is 0 Å². The molecule has 0 saturated heterocycles. The normalized spacial score (nSPS) is 12.1. The minimum atomic E-state index is 0.833. The number of benzene rings is 23. The van der Waals surface area contributed by atoms with Gasteiger partial charge in [-0.1, -0.05) is 364 Å². The van der Waals surface area contributed by atoms with E-state index < -0.39 is 0 Å². The molecule has 0 spiro atoms. The van der Waals surface area contributed by atoms with E-state index >= 15 is 0 Å². The van der Waals surface area contributed by atoms with Crippen molar-refractivity contribution in [2.24, 2.45) is 0 Å². The van der Waals surface area contributed by atoms with E-state index in [0.29, 0.717) is 0 Å². The molecule has 23 aromatic carbocycles. The molecular formula is C122H70O6. The van der Waals surface area contributed by atoms with Crippen LogP contribution in [0.4, 0.5) is 0 Å². The van der Waals surface area contributed by atoms with Gasteiger partial charge in [0.25, 0.3) is 0 Å². The Kier molecular flexibility index (Phi) is 15.8. The van der Waals surface area contributed by atoms with Gasteiger partial charge < -0.3 is 26.5 Å². The number of hydrogen-bond acceptors (Lipinski definition) is 6. The molecule has 6 heteroatoms. The molecule has 0 aliphatic rings. The van der Waals surface area contributed by atoms with Crippen LogP contribution in [-0.2, 0) is 0 Å². The van der Waals surface area contributed by atoms with Gasteiger partial charge in [-0.25, -0.2) is 0 Å². The van der Waals surface area contributed by atoms with Crippen molar-refractivity contribution in [1.29, 1.82) is 0 Å².